The number of nitrogens with zero attached hydrogens (tertiary/aromatic N) is 6. The van der Waals surface area contributed by atoms with E-state index in [1.165, 1.54) is 6.42 Å². The Morgan fingerprint density at radius 2 is 1.68 bits per heavy atom. The molecule has 0 unspecified atom stereocenters. The van der Waals surface area contributed by atoms with Crippen molar-refractivity contribution in [2.75, 3.05) is 61.8 Å². The normalized spacial score (nSPS) is 25.2. The van der Waals surface area contributed by atoms with Crippen molar-refractivity contribution in [2.24, 2.45) is 11.8 Å². The Morgan fingerprint density at radius 1 is 1.08 bits per heavy atom. The lowest BCUT2D eigenvalue weighted by atomic mass is 9.92. The maximum atomic E-state index is 11.5. The number of hydrogen-bond donors (Lipinski definition) is 1. The first-order valence-corrected chi connectivity index (χ1v) is 8.85. The van der Waals surface area contributed by atoms with Gasteiger partial charge in [0.1, 0.15) is 0 Å². The minimum Gasteiger partial charge on any atom is -0.378 e. The topological polar surface area (TPSA) is 105 Å². The van der Waals surface area contributed by atoms with Gasteiger partial charge in [0.2, 0.25) is 17.6 Å². The Kier molecular flexibility index (Phi) is 4.94. The van der Waals surface area contributed by atoms with Gasteiger partial charge in [0, 0.05) is 39.3 Å². The Morgan fingerprint density at radius 3 is 2.24 bits per heavy atom. The van der Waals surface area contributed by atoms with E-state index < -0.39 is 4.92 Å². The van der Waals surface area contributed by atoms with Gasteiger partial charge in [-0.15, -0.1) is 0 Å². The largest absolute Gasteiger partial charge is 0.378 e. The third-order valence-electron chi connectivity index (χ3n) is 5.02. The van der Waals surface area contributed by atoms with Gasteiger partial charge in [-0.2, -0.15) is 9.97 Å². The van der Waals surface area contributed by atoms with Gasteiger partial charge in [-0.1, -0.05) is 13.8 Å². The molecule has 0 aliphatic carbocycles. The lowest BCUT2D eigenvalue weighted by molar-refractivity contribution is -0.383. The van der Waals surface area contributed by atoms with Crippen LogP contribution >= 0.6 is 0 Å². The summed E-state index contributed by atoms with van der Waals surface area (Å²) in [7, 11) is 2.04. The molecule has 0 amide bonds. The van der Waals surface area contributed by atoms with E-state index in [0.29, 0.717) is 36.7 Å². The SMILES string of the molecule is C[C@H]1C[C@H](C)CN(c2nc(N)c([N+](=O)[O-])c(N3CCN(C)CC3)n2)C1. The van der Waals surface area contributed by atoms with Gasteiger partial charge in [0.25, 0.3) is 0 Å². The predicted octanol–water partition coefficient (Wildman–Crippen LogP) is 1.20. The van der Waals surface area contributed by atoms with E-state index in [0.717, 1.165) is 26.2 Å². The fourth-order valence-corrected chi connectivity index (χ4v) is 3.83. The summed E-state index contributed by atoms with van der Waals surface area (Å²) >= 11 is 0. The summed E-state index contributed by atoms with van der Waals surface area (Å²) in [5, 5.41) is 11.5. The molecule has 0 spiro atoms. The molecule has 2 atom stereocenters. The molecule has 25 heavy (non-hydrogen) atoms. The monoisotopic (exact) mass is 349 g/mol. The summed E-state index contributed by atoms with van der Waals surface area (Å²) in [5.41, 5.74) is 5.80. The maximum Gasteiger partial charge on any atom is 0.353 e. The molecule has 3 heterocycles. The van der Waals surface area contributed by atoms with E-state index in [1.54, 1.807) is 0 Å². The first-order chi connectivity index (χ1) is 11.8. The molecule has 2 aliphatic heterocycles. The number of rotatable bonds is 3. The summed E-state index contributed by atoms with van der Waals surface area (Å²) in [5.74, 6) is 1.89. The molecule has 2 aliphatic rings. The number of nitrogens with two attached hydrogens (primary N) is 1. The smallest absolute Gasteiger partial charge is 0.353 e. The Bertz CT molecular complexity index is 636. The van der Waals surface area contributed by atoms with Crippen molar-refractivity contribution in [3.63, 3.8) is 0 Å². The summed E-state index contributed by atoms with van der Waals surface area (Å²) in [6.07, 6.45) is 1.17. The van der Waals surface area contributed by atoms with Crippen molar-refractivity contribution in [3.05, 3.63) is 10.1 Å². The lowest BCUT2D eigenvalue weighted by Crippen LogP contribution is -2.45. The van der Waals surface area contributed by atoms with Crippen molar-refractivity contribution in [1.82, 2.24) is 14.9 Å². The molecular formula is C16H27N7O2. The second kappa shape index (κ2) is 6.99. The van der Waals surface area contributed by atoms with E-state index in [2.05, 4.69) is 33.6 Å². The summed E-state index contributed by atoms with van der Waals surface area (Å²) in [6.45, 7) is 9.19. The summed E-state index contributed by atoms with van der Waals surface area (Å²) in [6, 6.07) is 0. The molecule has 9 nitrogen and oxygen atoms in total. The fourth-order valence-electron chi connectivity index (χ4n) is 3.83. The molecule has 0 aromatic carbocycles. The highest BCUT2D eigenvalue weighted by Gasteiger charge is 2.31. The number of nitrogen functional groups attached to an aromatic ring is 1. The van der Waals surface area contributed by atoms with Crippen LogP contribution in [0.15, 0.2) is 0 Å². The zero-order chi connectivity index (χ0) is 18.1. The van der Waals surface area contributed by atoms with Crippen LogP contribution in [-0.4, -0.2) is 66.1 Å². The van der Waals surface area contributed by atoms with Gasteiger partial charge in [-0.3, -0.25) is 10.1 Å². The molecule has 0 bridgehead atoms. The molecule has 1 aromatic heterocycles. The van der Waals surface area contributed by atoms with Gasteiger partial charge in [-0.25, -0.2) is 0 Å². The molecule has 0 radical (unpaired) electrons. The van der Waals surface area contributed by atoms with E-state index in [-0.39, 0.29) is 11.5 Å². The van der Waals surface area contributed by atoms with Crippen LogP contribution in [-0.2, 0) is 0 Å². The van der Waals surface area contributed by atoms with Crippen LogP contribution in [0.1, 0.15) is 20.3 Å². The number of aromatic nitrogens is 2. The summed E-state index contributed by atoms with van der Waals surface area (Å²) < 4.78 is 0. The number of hydrogen-bond acceptors (Lipinski definition) is 8. The number of likely N-dealkylation sites (N-methyl/N-ethyl adjacent to an activating group) is 1. The molecule has 1 aromatic rings. The van der Waals surface area contributed by atoms with Crippen LogP contribution in [0.4, 0.5) is 23.3 Å². The van der Waals surface area contributed by atoms with Crippen molar-refractivity contribution >= 4 is 23.3 Å². The molecule has 9 heteroatoms. The molecular weight excluding hydrogens is 322 g/mol. The minimum atomic E-state index is -0.464. The van der Waals surface area contributed by atoms with Gasteiger partial charge in [-0.05, 0) is 25.3 Å². The van der Waals surface area contributed by atoms with E-state index in [1.807, 2.05) is 11.9 Å². The van der Waals surface area contributed by atoms with E-state index in [4.69, 9.17) is 5.73 Å². The van der Waals surface area contributed by atoms with Crippen LogP contribution in [0.25, 0.3) is 0 Å². The average Bonchev–Trinajstić information content (AvgIpc) is 2.53. The third kappa shape index (κ3) is 3.76. The fraction of sp³-hybridized carbons (Fsp3) is 0.750. The lowest BCUT2D eigenvalue weighted by Gasteiger charge is -2.36. The Hall–Kier alpha value is -2.16. The standard InChI is InChI=1S/C16H27N7O2/c1-11-8-12(2)10-22(9-11)16-18-14(17)13(23(24)25)15(19-16)21-6-4-20(3)5-7-21/h11-12H,4-10H2,1-3H3,(H2,17,18,19)/t11-,12-/m0/s1. The van der Waals surface area contributed by atoms with Crippen molar-refractivity contribution in [3.8, 4) is 0 Å². The minimum absolute atomic E-state index is 0.0465. The van der Waals surface area contributed by atoms with Crippen molar-refractivity contribution < 1.29 is 4.92 Å². The Labute approximate surface area is 148 Å². The number of nitro groups is 1. The van der Waals surface area contributed by atoms with Crippen LogP contribution in [0.3, 0.4) is 0 Å². The van der Waals surface area contributed by atoms with Crippen LogP contribution in [0.5, 0.6) is 0 Å². The third-order valence-corrected chi connectivity index (χ3v) is 5.02. The highest BCUT2D eigenvalue weighted by atomic mass is 16.6. The molecule has 2 saturated heterocycles. The molecule has 2 N–H and O–H groups in total. The highest BCUT2D eigenvalue weighted by Crippen LogP contribution is 2.34. The van der Waals surface area contributed by atoms with E-state index in [9.17, 15) is 10.1 Å². The van der Waals surface area contributed by atoms with Gasteiger partial charge in [0.05, 0.1) is 4.92 Å². The van der Waals surface area contributed by atoms with Crippen LogP contribution in [0.2, 0.25) is 0 Å². The molecule has 2 fully saturated rings. The second-order valence-corrected chi connectivity index (χ2v) is 7.48. The summed E-state index contributed by atoms with van der Waals surface area (Å²) in [4.78, 5) is 26.2. The second-order valence-electron chi connectivity index (χ2n) is 7.48. The highest BCUT2D eigenvalue weighted by molar-refractivity contribution is 5.71. The predicted molar refractivity (Wildman–Crippen MR) is 98.0 cm³/mol. The zero-order valence-electron chi connectivity index (χ0n) is 15.2. The Balaban J connectivity index is 1.97. The van der Waals surface area contributed by atoms with E-state index >= 15 is 0 Å². The van der Waals surface area contributed by atoms with Crippen molar-refractivity contribution in [2.45, 2.75) is 20.3 Å². The van der Waals surface area contributed by atoms with Crippen molar-refractivity contribution in [1.29, 1.82) is 0 Å². The molecule has 3 rings (SSSR count). The van der Waals surface area contributed by atoms with Crippen LogP contribution in [0, 0.1) is 22.0 Å². The quantitative estimate of drug-likeness (QED) is 0.641. The molecule has 0 saturated carbocycles. The van der Waals surface area contributed by atoms with Gasteiger partial charge in [0.15, 0.2) is 0 Å². The average molecular weight is 349 g/mol. The van der Waals surface area contributed by atoms with Gasteiger partial charge >= 0.3 is 5.69 Å². The first-order valence-electron chi connectivity index (χ1n) is 8.85. The number of anilines is 3. The van der Waals surface area contributed by atoms with Crippen LogP contribution < -0.4 is 15.5 Å². The number of piperazine rings is 1. The number of piperidine rings is 1. The first kappa shape index (κ1) is 17.7. The zero-order valence-corrected chi connectivity index (χ0v) is 15.2. The molecule has 138 valence electrons. The van der Waals surface area contributed by atoms with Gasteiger partial charge < -0.3 is 20.4 Å². The maximum absolute atomic E-state index is 11.5.